The summed E-state index contributed by atoms with van der Waals surface area (Å²) in [6, 6.07) is 5.95. The number of rotatable bonds is 7. The molecule has 0 spiro atoms. The van der Waals surface area contributed by atoms with Gasteiger partial charge in [-0.05, 0) is 79.8 Å². The van der Waals surface area contributed by atoms with Gasteiger partial charge in [-0.25, -0.2) is 19.0 Å². The van der Waals surface area contributed by atoms with Crippen molar-refractivity contribution >= 4 is 34.7 Å². The zero-order valence-corrected chi connectivity index (χ0v) is 22.4. The van der Waals surface area contributed by atoms with E-state index in [-0.39, 0.29) is 35.2 Å². The third-order valence-electron chi connectivity index (χ3n) is 9.12. The van der Waals surface area contributed by atoms with Gasteiger partial charge in [0.05, 0.1) is 10.9 Å². The molecule has 2 bridgehead atoms. The molecule has 2 amide bonds. The second-order valence-corrected chi connectivity index (χ2v) is 11.2. The Bertz CT molecular complexity index is 1820. The van der Waals surface area contributed by atoms with Crippen molar-refractivity contribution in [3.05, 3.63) is 62.3 Å². The lowest BCUT2D eigenvalue weighted by Crippen LogP contribution is -2.54. The van der Waals surface area contributed by atoms with E-state index in [1.54, 1.807) is 25.2 Å². The topological polar surface area (TPSA) is 191 Å². The number of amides is 2. The molecular weight excluding hydrogens is 536 g/mol. The highest BCUT2D eigenvalue weighted by atomic mass is 16.5. The van der Waals surface area contributed by atoms with Crippen LogP contribution in [-0.4, -0.2) is 48.0 Å². The molecule has 3 aliphatic carbocycles. The van der Waals surface area contributed by atoms with E-state index in [9.17, 15) is 29.1 Å². The van der Waals surface area contributed by atoms with E-state index in [4.69, 9.17) is 8.94 Å². The molecule has 3 aliphatic rings. The number of carbonyl (C=O) groups excluding carboxylic acids is 2. The molecule has 3 aromatic heterocycles. The lowest BCUT2D eigenvalue weighted by molar-refractivity contribution is -0.159. The van der Waals surface area contributed by atoms with Gasteiger partial charge in [-0.2, -0.15) is 0 Å². The number of carbonyl (C=O) groups is 3. The van der Waals surface area contributed by atoms with Gasteiger partial charge in [0.15, 0.2) is 5.58 Å². The molecule has 14 nitrogen and oxygen atoms in total. The van der Waals surface area contributed by atoms with E-state index < -0.39 is 34.7 Å². The zero-order chi connectivity index (χ0) is 29.1. The Morgan fingerprint density at radius 3 is 2.44 bits per heavy atom. The molecule has 41 heavy (non-hydrogen) atoms. The van der Waals surface area contributed by atoms with E-state index in [1.807, 2.05) is 6.92 Å². The van der Waals surface area contributed by atoms with Crippen LogP contribution >= 0.6 is 0 Å². The third kappa shape index (κ3) is 4.30. The molecule has 0 aliphatic heterocycles. The first-order valence-electron chi connectivity index (χ1n) is 13.3. The summed E-state index contributed by atoms with van der Waals surface area (Å²) in [5.74, 6) is -3.64. The molecule has 1 aromatic carbocycles. The highest BCUT2D eigenvalue weighted by Gasteiger charge is 2.54. The maximum Gasteiger partial charge on any atom is 0.448 e. The van der Waals surface area contributed by atoms with Crippen LogP contribution in [0.3, 0.4) is 0 Å². The van der Waals surface area contributed by atoms with E-state index in [2.05, 4.69) is 20.8 Å². The molecule has 0 saturated heterocycles. The monoisotopic (exact) mass is 564 g/mol. The number of oxazole rings is 1. The summed E-state index contributed by atoms with van der Waals surface area (Å²) >= 11 is 0. The SMILES string of the molecule is CC(NC(=O)c1cc(C(=O)NCc2ccc3oc(=O)n(C)c3c2)nc2noc(=O)n12)C12CCC(C(=O)O)(CC1)CC2. The van der Waals surface area contributed by atoms with Crippen LogP contribution in [0.1, 0.15) is 72.0 Å². The minimum atomic E-state index is -0.920. The fourth-order valence-electron chi connectivity index (χ4n) is 6.30. The Morgan fingerprint density at radius 1 is 1.05 bits per heavy atom. The van der Waals surface area contributed by atoms with Crippen molar-refractivity contribution in [1.29, 1.82) is 0 Å². The van der Waals surface area contributed by atoms with E-state index in [0.29, 0.717) is 55.2 Å². The van der Waals surface area contributed by atoms with Crippen LogP contribution in [0, 0.1) is 10.8 Å². The van der Waals surface area contributed by atoms with Crippen LogP contribution in [0.4, 0.5) is 0 Å². The molecule has 0 radical (unpaired) electrons. The van der Waals surface area contributed by atoms with Crippen LogP contribution in [0.5, 0.6) is 0 Å². The highest BCUT2D eigenvalue weighted by molar-refractivity contribution is 5.98. The first kappa shape index (κ1) is 26.5. The minimum Gasteiger partial charge on any atom is -0.481 e. The summed E-state index contributed by atoms with van der Waals surface area (Å²) in [5.41, 5.74) is 0.450. The summed E-state index contributed by atoms with van der Waals surface area (Å²) < 4.78 is 12.1. The van der Waals surface area contributed by atoms with Gasteiger partial charge in [0.1, 0.15) is 11.4 Å². The molecule has 1 unspecified atom stereocenters. The number of aliphatic carboxylic acids is 1. The fraction of sp³-hybridized carbons (Fsp3) is 0.444. The number of benzene rings is 1. The Labute approximate surface area is 231 Å². The van der Waals surface area contributed by atoms with Crippen LogP contribution in [0.15, 0.2) is 42.8 Å². The van der Waals surface area contributed by atoms with Gasteiger partial charge in [0.25, 0.3) is 17.6 Å². The quantitative estimate of drug-likeness (QED) is 0.297. The molecule has 3 fully saturated rings. The van der Waals surface area contributed by atoms with Crippen molar-refractivity contribution in [2.24, 2.45) is 17.9 Å². The van der Waals surface area contributed by atoms with Gasteiger partial charge in [-0.3, -0.25) is 23.5 Å². The van der Waals surface area contributed by atoms with Crippen LogP contribution in [0.2, 0.25) is 0 Å². The molecule has 3 saturated carbocycles. The molecule has 3 N–H and O–H groups in total. The minimum absolute atomic E-state index is 0.0888. The van der Waals surface area contributed by atoms with Crippen molar-refractivity contribution in [1.82, 2.24) is 29.7 Å². The van der Waals surface area contributed by atoms with Crippen LogP contribution in [-0.2, 0) is 18.4 Å². The lowest BCUT2D eigenvalue weighted by Gasteiger charge is -2.54. The second kappa shape index (κ2) is 9.42. The number of carboxylic acid groups (broad SMARTS) is 1. The number of hydrogen-bond donors (Lipinski definition) is 3. The lowest BCUT2D eigenvalue weighted by atomic mass is 9.52. The predicted octanol–water partition coefficient (Wildman–Crippen LogP) is 1.60. The van der Waals surface area contributed by atoms with Gasteiger partial charge in [0, 0.05) is 19.6 Å². The molecule has 14 heteroatoms. The molecular formula is C27H28N6O8. The largest absolute Gasteiger partial charge is 0.481 e. The van der Waals surface area contributed by atoms with E-state index in [0.717, 1.165) is 4.40 Å². The number of hydrogen-bond acceptors (Lipinski definition) is 9. The Balaban J connectivity index is 1.22. The van der Waals surface area contributed by atoms with Crippen molar-refractivity contribution in [2.75, 3.05) is 0 Å². The van der Waals surface area contributed by atoms with Crippen LogP contribution in [0.25, 0.3) is 16.9 Å². The fourth-order valence-corrected chi connectivity index (χ4v) is 6.30. The standard InChI is InChI=1S/C27H28N6O8/c1-14(26-5-8-27(9-6-26,10-7-26)22(36)37)29-21(35)18-12-16(30-23-31-41-25(39)33(18)23)20(34)28-13-15-3-4-19-17(11-15)32(2)24(38)40-19/h3-4,11-12,14H,5-10,13H2,1-2H3,(H,28,34)(H,29,35)(H,36,37). The smallest absolute Gasteiger partial charge is 0.448 e. The molecule has 3 heterocycles. The molecule has 1 atom stereocenters. The summed E-state index contributed by atoms with van der Waals surface area (Å²) in [4.78, 5) is 66.6. The van der Waals surface area contributed by atoms with Gasteiger partial charge in [-0.15, -0.1) is 0 Å². The number of nitrogens with one attached hydrogen (secondary N) is 2. The second-order valence-electron chi connectivity index (χ2n) is 11.2. The highest BCUT2D eigenvalue weighted by Crippen LogP contribution is 2.58. The van der Waals surface area contributed by atoms with Gasteiger partial charge < -0.3 is 20.2 Å². The van der Waals surface area contributed by atoms with Gasteiger partial charge in [-0.1, -0.05) is 6.07 Å². The number of nitrogens with zero attached hydrogens (tertiary/aromatic N) is 4. The maximum atomic E-state index is 13.5. The average molecular weight is 565 g/mol. The number of aryl methyl sites for hydroxylation is 1. The van der Waals surface area contributed by atoms with Crippen molar-refractivity contribution in [3.63, 3.8) is 0 Å². The van der Waals surface area contributed by atoms with Crippen molar-refractivity contribution < 1.29 is 28.4 Å². The van der Waals surface area contributed by atoms with Crippen molar-refractivity contribution in [3.8, 4) is 0 Å². The average Bonchev–Trinajstić information content (AvgIpc) is 3.49. The number of carboxylic acids is 1. The van der Waals surface area contributed by atoms with E-state index >= 15 is 0 Å². The number of aromatic nitrogens is 4. The third-order valence-corrected chi connectivity index (χ3v) is 9.12. The maximum absolute atomic E-state index is 13.5. The summed E-state index contributed by atoms with van der Waals surface area (Å²) in [6.45, 7) is 1.97. The first-order chi connectivity index (χ1) is 19.5. The Hall–Kier alpha value is -4.75. The molecule has 214 valence electrons. The van der Waals surface area contributed by atoms with Gasteiger partial charge >= 0.3 is 17.5 Å². The first-order valence-corrected chi connectivity index (χ1v) is 13.3. The Morgan fingerprint density at radius 2 is 1.76 bits per heavy atom. The summed E-state index contributed by atoms with van der Waals surface area (Å²) in [7, 11) is 1.58. The van der Waals surface area contributed by atoms with Crippen molar-refractivity contribution in [2.45, 2.75) is 58.0 Å². The zero-order valence-electron chi connectivity index (χ0n) is 22.4. The number of fused-ring (bicyclic) bond motifs is 5. The van der Waals surface area contributed by atoms with E-state index in [1.165, 1.54) is 10.6 Å². The van der Waals surface area contributed by atoms with Crippen LogP contribution < -0.4 is 22.1 Å². The Kier molecular flexibility index (Phi) is 6.08. The molecule has 4 aromatic rings. The summed E-state index contributed by atoms with van der Waals surface area (Å²) in [5, 5.41) is 19.0. The predicted molar refractivity (Wildman–Crippen MR) is 141 cm³/mol. The molecule has 7 rings (SSSR count). The normalized spacial score (nSPS) is 22.6. The van der Waals surface area contributed by atoms with Gasteiger partial charge in [0.2, 0.25) is 0 Å². The summed E-state index contributed by atoms with van der Waals surface area (Å²) in [6.07, 6.45) is 3.69.